The zero-order valence-corrected chi connectivity index (χ0v) is 20.9. The number of amides is 1. The van der Waals surface area contributed by atoms with E-state index >= 15 is 0 Å². The quantitative estimate of drug-likeness (QED) is 0.273. The summed E-state index contributed by atoms with van der Waals surface area (Å²) in [6.07, 6.45) is 1.15. The SMILES string of the molecule is CS(=O)(=O)c1ccc(C(=O)Nc2ccc(Cl)c(-c3nc4ccccc4s3)c2)c(-c2ccccc2)c1. The largest absolute Gasteiger partial charge is 0.322 e. The number of thiazole rings is 1. The van der Waals surface area contributed by atoms with E-state index < -0.39 is 9.84 Å². The standard InChI is InChI=1S/C27H19ClN2O3S2/c1-35(32,33)19-12-13-20(21(16-19)17-7-3-2-4-8-17)26(31)29-18-11-14-23(28)22(15-18)27-30-24-9-5-6-10-25(24)34-27/h2-16H,1H3,(H,29,31). The predicted octanol–water partition coefficient (Wildman–Crippen LogP) is 6.94. The lowest BCUT2D eigenvalue weighted by molar-refractivity contribution is 0.102. The fourth-order valence-corrected chi connectivity index (χ4v) is 5.67. The van der Waals surface area contributed by atoms with Crippen molar-refractivity contribution in [3.63, 3.8) is 0 Å². The molecular formula is C27H19ClN2O3S2. The number of hydrogen-bond acceptors (Lipinski definition) is 5. The number of rotatable bonds is 5. The van der Waals surface area contributed by atoms with Crippen LogP contribution in [0.2, 0.25) is 5.02 Å². The second-order valence-electron chi connectivity index (χ2n) is 7.98. The summed E-state index contributed by atoms with van der Waals surface area (Å²) in [4.78, 5) is 18.2. The Balaban J connectivity index is 1.52. The molecule has 0 saturated carbocycles. The van der Waals surface area contributed by atoms with Gasteiger partial charge in [0.25, 0.3) is 5.91 Å². The summed E-state index contributed by atoms with van der Waals surface area (Å²) in [5, 5.41) is 4.22. The van der Waals surface area contributed by atoms with E-state index in [1.165, 1.54) is 23.5 Å². The van der Waals surface area contributed by atoms with Gasteiger partial charge in [-0.15, -0.1) is 11.3 Å². The number of aromatic nitrogens is 1. The number of hydrogen-bond donors (Lipinski definition) is 1. The Bertz CT molecular complexity index is 1650. The summed E-state index contributed by atoms with van der Waals surface area (Å²) >= 11 is 8.00. The van der Waals surface area contributed by atoms with E-state index in [0.717, 1.165) is 32.6 Å². The fourth-order valence-electron chi connectivity index (χ4n) is 3.76. The maximum atomic E-state index is 13.3. The fraction of sp³-hybridized carbons (Fsp3) is 0.0370. The number of benzene rings is 4. The van der Waals surface area contributed by atoms with E-state index in [2.05, 4.69) is 10.3 Å². The third-order valence-electron chi connectivity index (χ3n) is 5.50. The molecule has 5 nitrogen and oxygen atoms in total. The molecule has 0 bridgehead atoms. The number of halogens is 1. The molecule has 8 heteroatoms. The monoisotopic (exact) mass is 518 g/mol. The summed E-state index contributed by atoms with van der Waals surface area (Å²) in [7, 11) is -3.44. The molecule has 35 heavy (non-hydrogen) atoms. The first-order valence-electron chi connectivity index (χ1n) is 10.7. The average Bonchev–Trinajstić information content (AvgIpc) is 3.29. The smallest absolute Gasteiger partial charge is 0.256 e. The van der Waals surface area contributed by atoms with Crippen molar-refractivity contribution in [1.82, 2.24) is 4.98 Å². The molecular weight excluding hydrogens is 500 g/mol. The Labute approximate surface area is 212 Å². The van der Waals surface area contributed by atoms with Crippen molar-refractivity contribution in [2.24, 2.45) is 0 Å². The van der Waals surface area contributed by atoms with Crippen LogP contribution in [-0.2, 0) is 9.84 Å². The van der Waals surface area contributed by atoms with E-state index in [4.69, 9.17) is 11.6 Å². The molecule has 0 unspecified atom stereocenters. The van der Waals surface area contributed by atoms with E-state index in [0.29, 0.717) is 21.8 Å². The minimum absolute atomic E-state index is 0.150. The van der Waals surface area contributed by atoms with Gasteiger partial charge in [-0.3, -0.25) is 4.79 Å². The van der Waals surface area contributed by atoms with Crippen LogP contribution in [-0.4, -0.2) is 25.6 Å². The molecule has 0 aliphatic heterocycles. The van der Waals surface area contributed by atoms with Crippen molar-refractivity contribution in [3.05, 3.63) is 102 Å². The number of sulfone groups is 1. The van der Waals surface area contributed by atoms with E-state index in [1.54, 1.807) is 24.3 Å². The lowest BCUT2D eigenvalue weighted by Crippen LogP contribution is -2.14. The molecule has 0 atom stereocenters. The average molecular weight is 519 g/mol. The van der Waals surface area contributed by atoms with Gasteiger partial charge in [0.1, 0.15) is 5.01 Å². The Morgan fingerprint density at radius 1 is 0.886 bits per heavy atom. The highest BCUT2D eigenvalue weighted by atomic mass is 35.5. The van der Waals surface area contributed by atoms with Crippen LogP contribution in [0, 0.1) is 0 Å². The van der Waals surface area contributed by atoms with Gasteiger partial charge >= 0.3 is 0 Å². The zero-order chi connectivity index (χ0) is 24.6. The lowest BCUT2D eigenvalue weighted by Gasteiger charge is -2.13. The van der Waals surface area contributed by atoms with Gasteiger partial charge in [-0.25, -0.2) is 13.4 Å². The van der Waals surface area contributed by atoms with Crippen LogP contribution >= 0.6 is 22.9 Å². The van der Waals surface area contributed by atoms with Crippen molar-refractivity contribution >= 4 is 54.6 Å². The van der Waals surface area contributed by atoms with Crippen LogP contribution in [0.15, 0.2) is 95.9 Å². The number of nitrogens with zero attached hydrogens (tertiary/aromatic N) is 1. The van der Waals surface area contributed by atoms with E-state index in [-0.39, 0.29) is 10.8 Å². The molecule has 1 aromatic heterocycles. The highest BCUT2D eigenvalue weighted by molar-refractivity contribution is 7.90. The van der Waals surface area contributed by atoms with Gasteiger partial charge in [0.05, 0.1) is 20.1 Å². The zero-order valence-electron chi connectivity index (χ0n) is 18.5. The van der Waals surface area contributed by atoms with Gasteiger partial charge in [-0.1, -0.05) is 54.1 Å². The normalized spacial score (nSPS) is 11.5. The molecule has 0 aliphatic carbocycles. The molecule has 5 rings (SSSR count). The summed E-state index contributed by atoms with van der Waals surface area (Å²) in [6.45, 7) is 0. The van der Waals surface area contributed by atoms with Crippen LogP contribution in [0.1, 0.15) is 10.4 Å². The molecule has 4 aromatic carbocycles. The molecule has 0 radical (unpaired) electrons. The molecule has 1 heterocycles. The van der Waals surface area contributed by atoms with Crippen LogP contribution in [0.3, 0.4) is 0 Å². The maximum Gasteiger partial charge on any atom is 0.256 e. The van der Waals surface area contributed by atoms with Crippen molar-refractivity contribution in [1.29, 1.82) is 0 Å². The molecule has 0 spiro atoms. The minimum Gasteiger partial charge on any atom is -0.322 e. The number of fused-ring (bicyclic) bond motifs is 1. The highest BCUT2D eigenvalue weighted by Crippen LogP contribution is 2.36. The molecule has 5 aromatic rings. The lowest BCUT2D eigenvalue weighted by atomic mass is 9.99. The Hall–Kier alpha value is -3.52. The summed E-state index contributed by atoms with van der Waals surface area (Å²) < 4.78 is 25.3. The van der Waals surface area contributed by atoms with Crippen molar-refractivity contribution in [2.75, 3.05) is 11.6 Å². The minimum atomic E-state index is -3.44. The Morgan fingerprint density at radius 3 is 2.37 bits per heavy atom. The first-order chi connectivity index (χ1) is 16.8. The van der Waals surface area contributed by atoms with Crippen LogP contribution < -0.4 is 5.32 Å². The van der Waals surface area contributed by atoms with Crippen LogP contribution in [0.5, 0.6) is 0 Å². The molecule has 0 saturated heterocycles. The van der Waals surface area contributed by atoms with Crippen molar-refractivity contribution in [3.8, 4) is 21.7 Å². The first kappa shape index (κ1) is 23.2. The number of carbonyl (C=O) groups excluding carboxylic acids is 1. The molecule has 1 amide bonds. The predicted molar refractivity (Wildman–Crippen MR) is 143 cm³/mol. The van der Waals surface area contributed by atoms with Gasteiger partial charge in [-0.05, 0) is 59.7 Å². The van der Waals surface area contributed by atoms with E-state index in [9.17, 15) is 13.2 Å². The first-order valence-corrected chi connectivity index (χ1v) is 13.7. The summed E-state index contributed by atoms with van der Waals surface area (Å²) in [5.74, 6) is -0.360. The van der Waals surface area contributed by atoms with E-state index in [1.807, 2.05) is 54.6 Å². The number of para-hydroxylation sites is 1. The highest BCUT2D eigenvalue weighted by Gasteiger charge is 2.18. The second kappa shape index (κ2) is 9.26. The number of nitrogens with one attached hydrogen (secondary N) is 1. The summed E-state index contributed by atoms with van der Waals surface area (Å²) in [6, 6.07) is 26.8. The van der Waals surface area contributed by atoms with Crippen LogP contribution in [0.25, 0.3) is 31.9 Å². The van der Waals surface area contributed by atoms with Gasteiger partial charge in [-0.2, -0.15) is 0 Å². The van der Waals surface area contributed by atoms with Crippen LogP contribution in [0.4, 0.5) is 5.69 Å². The topological polar surface area (TPSA) is 76.1 Å². The second-order valence-corrected chi connectivity index (χ2v) is 11.4. The molecule has 0 fully saturated rings. The van der Waals surface area contributed by atoms with Crippen molar-refractivity contribution < 1.29 is 13.2 Å². The third-order valence-corrected chi connectivity index (χ3v) is 8.01. The molecule has 1 N–H and O–H groups in total. The molecule has 174 valence electrons. The Morgan fingerprint density at radius 2 is 1.63 bits per heavy atom. The number of anilines is 1. The maximum absolute atomic E-state index is 13.3. The van der Waals surface area contributed by atoms with Gasteiger partial charge in [0, 0.05) is 23.1 Å². The van der Waals surface area contributed by atoms with Gasteiger partial charge in [0.15, 0.2) is 9.84 Å². The Kier molecular flexibility index (Phi) is 6.15. The van der Waals surface area contributed by atoms with Gasteiger partial charge < -0.3 is 5.32 Å². The van der Waals surface area contributed by atoms with Gasteiger partial charge in [0.2, 0.25) is 0 Å². The third kappa shape index (κ3) is 4.84. The number of carbonyl (C=O) groups is 1. The molecule has 0 aliphatic rings. The summed E-state index contributed by atoms with van der Waals surface area (Å²) in [5.41, 5.74) is 3.80. The van der Waals surface area contributed by atoms with Crippen molar-refractivity contribution in [2.45, 2.75) is 4.90 Å².